The molecule has 0 aromatic carbocycles. The first-order valence-electron chi connectivity index (χ1n) is 4.60. The van der Waals surface area contributed by atoms with E-state index in [1.165, 1.54) is 22.3 Å². The van der Waals surface area contributed by atoms with Crippen LogP contribution in [0.5, 0.6) is 0 Å². The standard InChI is InChI=1S/C12H19.2ClH.Hf/c1-7-11-9(3)8(2)10(4)12(11,5)6;;;/h1,7H2,2-6H3;2*1H;/q-1;;;. The van der Waals surface area contributed by atoms with Gasteiger partial charge in [-0.05, 0) is 26.3 Å². The van der Waals surface area contributed by atoms with Crippen molar-refractivity contribution >= 4 is 24.8 Å². The Morgan fingerprint density at radius 3 is 1.53 bits per heavy atom. The molecule has 0 nitrogen and oxygen atoms in total. The second-order valence-corrected chi connectivity index (χ2v) is 4.23. The van der Waals surface area contributed by atoms with E-state index in [0.717, 1.165) is 6.42 Å². The van der Waals surface area contributed by atoms with E-state index in [1.54, 1.807) is 0 Å². The Morgan fingerprint density at radius 1 is 1.00 bits per heavy atom. The molecule has 0 aromatic heterocycles. The Kier molecular flexibility index (Phi) is 10.3. The van der Waals surface area contributed by atoms with Crippen LogP contribution < -0.4 is 0 Å². The molecule has 0 atom stereocenters. The maximum atomic E-state index is 4.00. The summed E-state index contributed by atoms with van der Waals surface area (Å²) in [6, 6.07) is 0. The summed E-state index contributed by atoms with van der Waals surface area (Å²) in [5.74, 6) is 0. The normalized spacial score (nSPS) is 18.0. The zero-order valence-corrected chi connectivity index (χ0v) is 15.5. The summed E-state index contributed by atoms with van der Waals surface area (Å²) < 4.78 is 0. The Bertz CT molecular complexity index is 275. The van der Waals surface area contributed by atoms with Gasteiger partial charge in [0.15, 0.2) is 0 Å². The summed E-state index contributed by atoms with van der Waals surface area (Å²) in [7, 11) is 0. The van der Waals surface area contributed by atoms with Crippen molar-refractivity contribution in [2.75, 3.05) is 0 Å². The van der Waals surface area contributed by atoms with Gasteiger partial charge in [0.05, 0.1) is 0 Å². The summed E-state index contributed by atoms with van der Waals surface area (Å²) in [6.07, 6.45) is 0.938. The predicted octanol–water partition coefficient (Wildman–Crippen LogP) is 4.74. The second-order valence-electron chi connectivity index (χ2n) is 4.23. The van der Waals surface area contributed by atoms with E-state index >= 15 is 0 Å². The third-order valence-corrected chi connectivity index (χ3v) is 3.52. The number of hydrogen-bond donors (Lipinski definition) is 0. The van der Waals surface area contributed by atoms with Crippen molar-refractivity contribution in [1.29, 1.82) is 0 Å². The van der Waals surface area contributed by atoms with Crippen molar-refractivity contribution in [3.05, 3.63) is 29.2 Å². The van der Waals surface area contributed by atoms with Crippen LogP contribution in [-0.4, -0.2) is 0 Å². The van der Waals surface area contributed by atoms with Crippen LogP contribution in [0.25, 0.3) is 0 Å². The fraction of sp³-hybridized carbons (Fsp3) is 0.583. The molecule has 0 aliphatic heterocycles. The Hall–Kier alpha value is 0.930. The first-order chi connectivity index (χ1) is 5.42. The molecule has 0 spiro atoms. The molecule has 0 fully saturated rings. The minimum Gasteiger partial charge on any atom is -0.339 e. The van der Waals surface area contributed by atoms with E-state index in [1.807, 2.05) is 0 Å². The molecule has 0 saturated carbocycles. The molecule has 0 N–H and O–H groups in total. The molecule has 88 valence electrons. The summed E-state index contributed by atoms with van der Waals surface area (Å²) >= 11 is 0. The van der Waals surface area contributed by atoms with Gasteiger partial charge in [-0.2, -0.15) is 6.42 Å². The van der Waals surface area contributed by atoms with Crippen LogP contribution in [0, 0.1) is 12.3 Å². The average Bonchev–Trinajstić information content (AvgIpc) is 2.13. The maximum Gasteiger partial charge on any atom is 0.00472 e. The van der Waals surface area contributed by atoms with Crippen molar-refractivity contribution in [2.45, 2.75) is 41.0 Å². The minimum absolute atomic E-state index is 0. The molecule has 1 aliphatic rings. The van der Waals surface area contributed by atoms with Crippen LogP contribution in [0.15, 0.2) is 22.3 Å². The van der Waals surface area contributed by atoms with Crippen LogP contribution in [0.1, 0.15) is 41.0 Å². The topological polar surface area (TPSA) is 0 Å². The molecule has 0 bridgehead atoms. The van der Waals surface area contributed by atoms with E-state index in [0.29, 0.717) is 0 Å². The van der Waals surface area contributed by atoms with Crippen LogP contribution in [0.2, 0.25) is 0 Å². The summed E-state index contributed by atoms with van der Waals surface area (Å²) in [5.41, 5.74) is 6.22. The van der Waals surface area contributed by atoms with Gasteiger partial charge >= 0.3 is 0 Å². The molecule has 0 saturated heterocycles. The minimum atomic E-state index is 0. The van der Waals surface area contributed by atoms with Gasteiger partial charge < -0.3 is 6.92 Å². The van der Waals surface area contributed by atoms with Gasteiger partial charge in [0.25, 0.3) is 0 Å². The second kappa shape index (κ2) is 7.29. The number of rotatable bonds is 1. The molecule has 0 unspecified atom stereocenters. The monoisotopic (exact) mass is 415 g/mol. The fourth-order valence-electron chi connectivity index (χ4n) is 2.17. The third-order valence-electron chi connectivity index (χ3n) is 3.52. The first-order valence-corrected chi connectivity index (χ1v) is 4.60. The summed E-state index contributed by atoms with van der Waals surface area (Å²) in [5, 5.41) is 0. The summed E-state index contributed by atoms with van der Waals surface area (Å²) in [6.45, 7) is 15.3. The zero-order valence-electron chi connectivity index (χ0n) is 10.2. The van der Waals surface area contributed by atoms with Gasteiger partial charge in [0.2, 0.25) is 0 Å². The van der Waals surface area contributed by atoms with E-state index in [2.05, 4.69) is 41.5 Å². The van der Waals surface area contributed by atoms with Gasteiger partial charge in [-0.25, -0.2) is 0 Å². The average molecular weight is 415 g/mol. The first kappa shape index (κ1) is 21.2. The largest absolute Gasteiger partial charge is 0.339 e. The van der Waals surface area contributed by atoms with Crippen molar-refractivity contribution in [3.63, 3.8) is 0 Å². The van der Waals surface area contributed by atoms with Gasteiger partial charge in [-0.1, -0.05) is 30.6 Å². The zero-order chi connectivity index (χ0) is 9.52. The molecule has 1 rings (SSSR count). The quantitative estimate of drug-likeness (QED) is 0.429. The Morgan fingerprint density at radius 2 is 1.40 bits per heavy atom. The predicted molar refractivity (Wildman–Crippen MR) is 69.3 cm³/mol. The van der Waals surface area contributed by atoms with E-state index in [9.17, 15) is 0 Å². The summed E-state index contributed by atoms with van der Waals surface area (Å²) in [4.78, 5) is 0. The van der Waals surface area contributed by atoms with Crippen LogP contribution in [0.4, 0.5) is 0 Å². The Labute approximate surface area is 126 Å². The third kappa shape index (κ3) is 3.44. The van der Waals surface area contributed by atoms with E-state index in [-0.39, 0.29) is 56.1 Å². The van der Waals surface area contributed by atoms with Gasteiger partial charge in [0, 0.05) is 31.3 Å². The molecule has 1 aliphatic carbocycles. The molecule has 0 radical (unpaired) electrons. The van der Waals surface area contributed by atoms with Gasteiger partial charge in [-0.3, -0.25) is 0 Å². The van der Waals surface area contributed by atoms with Crippen molar-refractivity contribution in [1.82, 2.24) is 0 Å². The van der Waals surface area contributed by atoms with Crippen molar-refractivity contribution in [2.24, 2.45) is 5.41 Å². The molecular formula is C12H21Cl2Hf-. The fourth-order valence-corrected chi connectivity index (χ4v) is 2.17. The van der Waals surface area contributed by atoms with Crippen molar-refractivity contribution < 1.29 is 25.8 Å². The van der Waals surface area contributed by atoms with Crippen molar-refractivity contribution in [3.8, 4) is 0 Å². The van der Waals surface area contributed by atoms with Crippen LogP contribution >= 0.6 is 24.8 Å². The van der Waals surface area contributed by atoms with Gasteiger partial charge in [0.1, 0.15) is 0 Å². The maximum absolute atomic E-state index is 4.00. The molecule has 0 aromatic rings. The number of halogens is 2. The SMILES string of the molecule is Cl.Cl.[CH2-]CC1=C(C)C(C)=C(C)C1(C)C.[Hf]. The van der Waals surface area contributed by atoms with Gasteiger partial charge in [-0.15, -0.1) is 24.8 Å². The van der Waals surface area contributed by atoms with E-state index in [4.69, 9.17) is 0 Å². The molecule has 0 heterocycles. The van der Waals surface area contributed by atoms with Crippen LogP contribution in [-0.2, 0) is 25.8 Å². The number of allylic oxidation sites excluding steroid dienone is 4. The number of hydrogen-bond acceptors (Lipinski definition) is 0. The van der Waals surface area contributed by atoms with E-state index < -0.39 is 0 Å². The Balaban J connectivity index is -0.000000480. The molecule has 15 heavy (non-hydrogen) atoms. The smallest absolute Gasteiger partial charge is 0.00472 e. The molecule has 0 amide bonds. The molecule has 3 heteroatoms. The van der Waals surface area contributed by atoms with Crippen LogP contribution in [0.3, 0.4) is 0 Å². The molecular weight excluding hydrogens is 394 g/mol.